The van der Waals surface area contributed by atoms with E-state index in [2.05, 4.69) is 4.72 Å². The maximum Gasteiger partial charge on any atom is 0.261 e. The number of likely N-dealkylation sites (N-methyl/N-ethyl adjacent to an activating group) is 1. The highest BCUT2D eigenvalue weighted by molar-refractivity contribution is 7.92. The van der Waals surface area contributed by atoms with Gasteiger partial charge in [-0.05, 0) is 66.6 Å². The average Bonchev–Trinajstić information content (AvgIpc) is 2.79. The molecule has 0 aliphatic heterocycles. The third kappa shape index (κ3) is 5.64. The van der Waals surface area contributed by atoms with E-state index < -0.39 is 15.8 Å². The summed E-state index contributed by atoms with van der Waals surface area (Å²) in [5.41, 5.74) is 2.10. The fourth-order valence-corrected chi connectivity index (χ4v) is 4.20. The number of carbonyl (C=O) groups is 1. The Kier molecular flexibility index (Phi) is 7.15. The third-order valence-corrected chi connectivity index (χ3v) is 6.66. The summed E-state index contributed by atoms with van der Waals surface area (Å²) in [5, 5.41) is 0. The molecule has 168 valence electrons. The van der Waals surface area contributed by atoms with Crippen molar-refractivity contribution >= 4 is 21.6 Å². The van der Waals surface area contributed by atoms with E-state index in [0.717, 1.165) is 29.0 Å². The number of benzene rings is 3. The molecule has 0 aliphatic carbocycles. The number of hydrogen-bond acceptors (Lipinski definition) is 4. The maximum absolute atomic E-state index is 13.0. The van der Waals surface area contributed by atoms with Crippen LogP contribution in [-0.4, -0.2) is 33.4 Å². The number of carbonyl (C=O) groups excluding carboxylic acids is 1. The first kappa shape index (κ1) is 23.3. The minimum atomic E-state index is -3.83. The summed E-state index contributed by atoms with van der Waals surface area (Å²) in [6.07, 6.45) is 0.183. The first-order valence-electron chi connectivity index (χ1n) is 9.96. The monoisotopic (exact) mass is 456 g/mol. The summed E-state index contributed by atoms with van der Waals surface area (Å²) in [7, 11) is -0.470. The van der Waals surface area contributed by atoms with Gasteiger partial charge in [-0.2, -0.15) is 0 Å². The van der Waals surface area contributed by atoms with Gasteiger partial charge in [0.2, 0.25) is 5.91 Å². The molecule has 0 saturated carbocycles. The molecule has 1 N–H and O–H groups in total. The lowest BCUT2D eigenvalue weighted by molar-refractivity contribution is -0.131. The van der Waals surface area contributed by atoms with Gasteiger partial charge in [0.05, 0.1) is 24.5 Å². The van der Waals surface area contributed by atoms with Gasteiger partial charge in [-0.3, -0.25) is 9.52 Å². The van der Waals surface area contributed by atoms with Crippen LogP contribution in [0.25, 0.3) is 0 Å². The number of methoxy groups -OCH3 is 1. The molecule has 0 aliphatic rings. The Morgan fingerprint density at radius 2 is 1.59 bits per heavy atom. The number of nitrogens with zero attached hydrogens (tertiary/aromatic N) is 1. The molecular weight excluding hydrogens is 431 g/mol. The van der Waals surface area contributed by atoms with E-state index in [1.807, 2.05) is 31.2 Å². The third-order valence-electron chi connectivity index (χ3n) is 5.26. The molecule has 3 aromatic rings. The van der Waals surface area contributed by atoms with Crippen LogP contribution in [-0.2, 0) is 21.2 Å². The van der Waals surface area contributed by atoms with E-state index in [1.165, 1.54) is 12.1 Å². The number of anilines is 1. The second-order valence-corrected chi connectivity index (χ2v) is 9.07. The van der Waals surface area contributed by atoms with Crippen molar-refractivity contribution in [3.8, 4) is 5.75 Å². The molecule has 3 aromatic carbocycles. The maximum atomic E-state index is 13.0. The van der Waals surface area contributed by atoms with Crippen LogP contribution in [0.3, 0.4) is 0 Å². The van der Waals surface area contributed by atoms with Crippen molar-refractivity contribution in [2.24, 2.45) is 0 Å². The summed E-state index contributed by atoms with van der Waals surface area (Å²) in [6.45, 7) is 1.95. The van der Waals surface area contributed by atoms with E-state index in [9.17, 15) is 17.6 Å². The molecule has 0 aromatic heterocycles. The summed E-state index contributed by atoms with van der Waals surface area (Å²) in [4.78, 5) is 14.4. The molecule has 1 atom stereocenters. The molecule has 3 rings (SSSR count). The Morgan fingerprint density at radius 3 is 2.16 bits per heavy atom. The molecule has 0 saturated heterocycles. The van der Waals surface area contributed by atoms with Gasteiger partial charge in [-0.15, -0.1) is 0 Å². The van der Waals surface area contributed by atoms with Crippen LogP contribution >= 0.6 is 0 Å². The van der Waals surface area contributed by atoms with Crippen LogP contribution < -0.4 is 9.46 Å². The van der Waals surface area contributed by atoms with Crippen molar-refractivity contribution in [3.05, 3.63) is 89.7 Å². The number of rotatable bonds is 8. The van der Waals surface area contributed by atoms with Crippen LogP contribution in [0.4, 0.5) is 10.1 Å². The molecule has 1 unspecified atom stereocenters. The van der Waals surface area contributed by atoms with Gasteiger partial charge in [0, 0.05) is 12.7 Å². The van der Waals surface area contributed by atoms with Crippen molar-refractivity contribution in [1.29, 1.82) is 0 Å². The van der Waals surface area contributed by atoms with E-state index in [-0.39, 0.29) is 23.3 Å². The lowest BCUT2D eigenvalue weighted by Gasteiger charge is -2.25. The van der Waals surface area contributed by atoms with Gasteiger partial charge in [0.15, 0.2) is 0 Å². The molecule has 0 bridgehead atoms. The molecule has 0 spiro atoms. The normalized spacial score (nSPS) is 12.1. The van der Waals surface area contributed by atoms with Crippen LogP contribution in [0.15, 0.2) is 77.7 Å². The van der Waals surface area contributed by atoms with Crippen molar-refractivity contribution in [2.45, 2.75) is 24.3 Å². The zero-order chi connectivity index (χ0) is 23.3. The Morgan fingerprint density at radius 1 is 1.00 bits per heavy atom. The van der Waals surface area contributed by atoms with Gasteiger partial charge in [0.25, 0.3) is 10.0 Å². The van der Waals surface area contributed by atoms with Gasteiger partial charge in [0.1, 0.15) is 11.6 Å². The van der Waals surface area contributed by atoms with Gasteiger partial charge >= 0.3 is 0 Å². The molecule has 8 heteroatoms. The fourth-order valence-electron chi connectivity index (χ4n) is 3.14. The first-order chi connectivity index (χ1) is 15.2. The number of sulfonamides is 1. The van der Waals surface area contributed by atoms with E-state index in [0.29, 0.717) is 5.69 Å². The number of nitrogens with one attached hydrogen (secondary N) is 1. The Labute approximate surface area is 187 Å². The van der Waals surface area contributed by atoms with Gasteiger partial charge < -0.3 is 9.64 Å². The number of amides is 1. The summed E-state index contributed by atoms with van der Waals surface area (Å²) in [5.74, 6) is 0.183. The lowest BCUT2D eigenvalue weighted by atomic mass is 10.1. The van der Waals surface area contributed by atoms with Gasteiger partial charge in [-0.25, -0.2) is 12.8 Å². The molecular formula is C24H25FN2O4S. The SMILES string of the molecule is COc1ccc(C(C)N(C)C(=O)Cc2ccc(NS(=O)(=O)c3ccc(F)cc3)cc2)cc1. The fraction of sp³-hybridized carbons (Fsp3) is 0.208. The second kappa shape index (κ2) is 9.82. The molecule has 6 nitrogen and oxygen atoms in total. The minimum Gasteiger partial charge on any atom is -0.497 e. The van der Waals surface area contributed by atoms with Crippen LogP contribution in [0.5, 0.6) is 5.75 Å². The largest absolute Gasteiger partial charge is 0.497 e. The second-order valence-electron chi connectivity index (χ2n) is 7.39. The zero-order valence-corrected chi connectivity index (χ0v) is 18.9. The van der Waals surface area contributed by atoms with Crippen molar-refractivity contribution in [3.63, 3.8) is 0 Å². The first-order valence-corrected chi connectivity index (χ1v) is 11.4. The summed E-state index contributed by atoms with van der Waals surface area (Å²) >= 11 is 0. The summed E-state index contributed by atoms with van der Waals surface area (Å²) in [6, 6.07) is 18.6. The molecule has 0 radical (unpaired) electrons. The topological polar surface area (TPSA) is 75.7 Å². The van der Waals surface area contributed by atoms with Crippen LogP contribution in [0.1, 0.15) is 24.1 Å². The summed E-state index contributed by atoms with van der Waals surface area (Å²) < 4.78 is 45.5. The number of hydrogen-bond donors (Lipinski definition) is 1. The molecule has 1 amide bonds. The van der Waals surface area contributed by atoms with Crippen LogP contribution in [0.2, 0.25) is 0 Å². The highest BCUT2D eigenvalue weighted by atomic mass is 32.2. The van der Waals surface area contributed by atoms with Crippen molar-refractivity contribution in [1.82, 2.24) is 4.90 Å². The quantitative estimate of drug-likeness (QED) is 0.545. The highest BCUT2D eigenvalue weighted by Crippen LogP contribution is 2.23. The smallest absolute Gasteiger partial charge is 0.261 e. The highest BCUT2D eigenvalue weighted by Gasteiger charge is 2.18. The van der Waals surface area contributed by atoms with Crippen LogP contribution in [0, 0.1) is 5.82 Å². The molecule has 32 heavy (non-hydrogen) atoms. The molecule has 0 fully saturated rings. The minimum absolute atomic E-state index is 0.0349. The predicted molar refractivity (Wildman–Crippen MR) is 122 cm³/mol. The van der Waals surface area contributed by atoms with Crippen molar-refractivity contribution in [2.75, 3.05) is 18.9 Å². The molecule has 0 heterocycles. The zero-order valence-electron chi connectivity index (χ0n) is 18.1. The predicted octanol–water partition coefficient (Wildman–Crippen LogP) is 4.40. The van der Waals surface area contributed by atoms with E-state index >= 15 is 0 Å². The Balaban J connectivity index is 1.63. The Hall–Kier alpha value is -3.39. The van der Waals surface area contributed by atoms with E-state index in [4.69, 9.17) is 4.74 Å². The number of ether oxygens (including phenoxy) is 1. The van der Waals surface area contributed by atoms with E-state index in [1.54, 1.807) is 43.3 Å². The van der Waals surface area contributed by atoms with Gasteiger partial charge in [-0.1, -0.05) is 24.3 Å². The van der Waals surface area contributed by atoms with Crippen molar-refractivity contribution < 1.29 is 22.3 Å². The standard InChI is InChI=1S/C24H25FN2O4S/c1-17(19-6-12-22(31-3)13-7-19)27(2)24(28)16-18-4-10-21(11-5-18)26-32(29,30)23-14-8-20(25)9-15-23/h4-15,17,26H,16H2,1-3H3. The lowest BCUT2D eigenvalue weighted by Crippen LogP contribution is -2.30. The Bertz CT molecular complexity index is 1160. The number of halogens is 1. The average molecular weight is 457 g/mol.